The Morgan fingerprint density at radius 2 is 2.00 bits per heavy atom. The van der Waals surface area contributed by atoms with Crippen molar-refractivity contribution >= 4 is 5.97 Å². The first-order valence-electron chi connectivity index (χ1n) is 7.94. The van der Waals surface area contributed by atoms with E-state index in [-0.39, 0.29) is 0 Å². The molecular formula is C17H25NO4. The Morgan fingerprint density at radius 3 is 2.68 bits per heavy atom. The molecule has 5 nitrogen and oxygen atoms in total. The minimum absolute atomic E-state index is 0.444. The highest BCUT2D eigenvalue weighted by Crippen LogP contribution is 2.33. The monoisotopic (exact) mass is 307 g/mol. The molecule has 0 aromatic heterocycles. The van der Waals surface area contributed by atoms with Gasteiger partial charge in [0.1, 0.15) is 0 Å². The summed E-state index contributed by atoms with van der Waals surface area (Å²) in [4.78, 5) is 11.5. The van der Waals surface area contributed by atoms with Crippen molar-refractivity contribution in [2.75, 3.05) is 19.8 Å². The molecule has 0 spiro atoms. The highest BCUT2D eigenvalue weighted by Gasteiger charge is 2.34. The third-order valence-corrected chi connectivity index (χ3v) is 4.44. The molecule has 22 heavy (non-hydrogen) atoms. The molecule has 5 heteroatoms. The van der Waals surface area contributed by atoms with Gasteiger partial charge in [0, 0.05) is 25.1 Å². The van der Waals surface area contributed by atoms with Gasteiger partial charge in [0.15, 0.2) is 11.5 Å². The summed E-state index contributed by atoms with van der Waals surface area (Å²) in [5.74, 6) is 0.810. The summed E-state index contributed by atoms with van der Waals surface area (Å²) in [6, 6.07) is 5.83. The van der Waals surface area contributed by atoms with Crippen LogP contribution in [0.25, 0.3) is 0 Å². The van der Waals surface area contributed by atoms with Crippen LogP contribution in [0.2, 0.25) is 0 Å². The quantitative estimate of drug-likeness (QED) is 0.811. The van der Waals surface area contributed by atoms with E-state index in [2.05, 4.69) is 5.32 Å². The van der Waals surface area contributed by atoms with E-state index in [9.17, 15) is 9.90 Å². The Kier molecular flexibility index (Phi) is 5.66. The summed E-state index contributed by atoms with van der Waals surface area (Å²) >= 11 is 0. The molecule has 1 heterocycles. The van der Waals surface area contributed by atoms with Crippen molar-refractivity contribution in [3.8, 4) is 11.5 Å². The Hall–Kier alpha value is -1.75. The summed E-state index contributed by atoms with van der Waals surface area (Å²) in [6.45, 7) is 6.17. The van der Waals surface area contributed by atoms with Gasteiger partial charge >= 0.3 is 5.97 Å². The van der Waals surface area contributed by atoms with E-state index < -0.39 is 11.4 Å². The van der Waals surface area contributed by atoms with Gasteiger partial charge in [-0.15, -0.1) is 0 Å². The first kappa shape index (κ1) is 16.6. The van der Waals surface area contributed by atoms with Gasteiger partial charge in [-0.2, -0.15) is 0 Å². The van der Waals surface area contributed by atoms with Crippen LogP contribution in [0.5, 0.6) is 11.5 Å². The minimum Gasteiger partial charge on any atom is -0.490 e. The van der Waals surface area contributed by atoms with Crippen LogP contribution in [0.15, 0.2) is 18.2 Å². The van der Waals surface area contributed by atoms with Crippen LogP contribution >= 0.6 is 0 Å². The number of hydrogen-bond donors (Lipinski definition) is 2. The zero-order chi connectivity index (χ0) is 16.0. The second-order valence-corrected chi connectivity index (χ2v) is 5.69. The van der Waals surface area contributed by atoms with E-state index in [4.69, 9.17) is 9.47 Å². The van der Waals surface area contributed by atoms with E-state index in [1.807, 2.05) is 32.0 Å². The van der Waals surface area contributed by atoms with Crippen LogP contribution < -0.4 is 14.8 Å². The Bertz CT molecular complexity index is 511. The summed E-state index contributed by atoms with van der Waals surface area (Å²) in [5.41, 5.74) is 0.300. The number of aliphatic carboxylic acids is 1. The third-order valence-electron chi connectivity index (χ3n) is 4.44. The van der Waals surface area contributed by atoms with Crippen LogP contribution in [0, 0.1) is 5.41 Å². The van der Waals surface area contributed by atoms with Crippen molar-refractivity contribution in [3.05, 3.63) is 23.8 Å². The van der Waals surface area contributed by atoms with Gasteiger partial charge in [-0.25, -0.2) is 0 Å². The SMILES string of the molecule is CCC(CC)(CNCc1cccc2c1OCCCO2)C(=O)O. The normalized spacial score (nSPS) is 14.5. The number of rotatable bonds is 7. The molecule has 0 radical (unpaired) electrons. The molecule has 0 saturated heterocycles. The van der Waals surface area contributed by atoms with Gasteiger partial charge in [0.2, 0.25) is 0 Å². The standard InChI is InChI=1S/C17H25NO4/c1-3-17(4-2,16(19)20)12-18-11-13-7-5-8-14-15(13)22-10-6-9-21-14/h5,7-8,18H,3-4,6,9-12H2,1-2H3,(H,19,20). The van der Waals surface area contributed by atoms with Gasteiger partial charge in [0.05, 0.1) is 18.6 Å². The van der Waals surface area contributed by atoms with E-state index in [0.717, 1.165) is 23.5 Å². The molecule has 1 aromatic carbocycles. The summed E-state index contributed by atoms with van der Waals surface area (Å²) in [7, 11) is 0. The average Bonchev–Trinajstić information content (AvgIpc) is 2.77. The van der Waals surface area contributed by atoms with E-state index >= 15 is 0 Å². The number of hydrogen-bond acceptors (Lipinski definition) is 4. The molecule has 0 atom stereocenters. The first-order chi connectivity index (χ1) is 10.6. The maximum absolute atomic E-state index is 11.5. The van der Waals surface area contributed by atoms with E-state index in [1.54, 1.807) is 0 Å². The van der Waals surface area contributed by atoms with Crippen molar-refractivity contribution in [2.45, 2.75) is 39.7 Å². The maximum Gasteiger partial charge on any atom is 0.310 e. The van der Waals surface area contributed by atoms with Crippen LogP contribution in [-0.2, 0) is 11.3 Å². The summed E-state index contributed by atoms with van der Waals surface area (Å²) in [6.07, 6.45) is 2.09. The van der Waals surface area contributed by atoms with Crippen LogP contribution in [0.3, 0.4) is 0 Å². The number of carboxylic acids is 1. The lowest BCUT2D eigenvalue weighted by atomic mass is 9.82. The van der Waals surface area contributed by atoms with Crippen LogP contribution in [0.4, 0.5) is 0 Å². The molecule has 1 aromatic rings. The van der Waals surface area contributed by atoms with Crippen molar-refractivity contribution in [3.63, 3.8) is 0 Å². The molecule has 0 amide bonds. The number of benzene rings is 1. The summed E-state index contributed by atoms with van der Waals surface area (Å²) in [5, 5.41) is 12.7. The lowest BCUT2D eigenvalue weighted by Crippen LogP contribution is -2.40. The predicted molar refractivity (Wildman–Crippen MR) is 84.4 cm³/mol. The second-order valence-electron chi connectivity index (χ2n) is 5.69. The van der Waals surface area contributed by atoms with Crippen molar-refractivity contribution in [1.82, 2.24) is 5.32 Å². The number of carboxylic acid groups (broad SMARTS) is 1. The number of fused-ring (bicyclic) bond motifs is 1. The van der Waals surface area contributed by atoms with Gasteiger partial charge in [-0.1, -0.05) is 26.0 Å². The molecule has 0 saturated carbocycles. The zero-order valence-electron chi connectivity index (χ0n) is 13.4. The topological polar surface area (TPSA) is 67.8 Å². The van der Waals surface area contributed by atoms with Crippen molar-refractivity contribution in [2.24, 2.45) is 5.41 Å². The molecule has 122 valence electrons. The average molecular weight is 307 g/mol. The van der Waals surface area contributed by atoms with Gasteiger partial charge in [0.25, 0.3) is 0 Å². The van der Waals surface area contributed by atoms with Crippen molar-refractivity contribution < 1.29 is 19.4 Å². The van der Waals surface area contributed by atoms with Crippen LogP contribution in [0.1, 0.15) is 38.7 Å². The van der Waals surface area contributed by atoms with Crippen LogP contribution in [-0.4, -0.2) is 30.8 Å². The Labute approximate surface area is 131 Å². The summed E-state index contributed by atoms with van der Waals surface area (Å²) < 4.78 is 11.5. The molecule has 0 fully saturated rings. The third kappa shape index (κ3) is 3.53. The van der Waals surface area contributed by atoms with Gasteiger partial charge in [-0.3, -0.25) is 4.79 Å². The number of nitrogens with one attached hydrogen (secondary N) is 1. The number of para-hydroxylation sites is 1. The molecule has 0 unspecified atom stereocenters. The molecule has 0 bridgehead atoms. The smallest absolute Gasteiger partial charge is 0.310 e. The highest BCUT2D eigenvalue weighted by atomic mass is 16.5. The lowest BCUT2D eigenvalue weighted by Gasteiger charge is -2.27. The fraction of sp³-hybridized carbons (Fsp3) is 0.588. The molecular weight excluding hydrogens is 282 g/mol. The fourth-order valence-corrected chi connectivity index (χ4v) is 2.71. The Morgan fingerprint density at radius 1 is 1.27 bits per heavy atom. The maximum atomic E-state index is 11.5. The molecule has 2 N–H and O–H groups in total. The molecule has 2 rings (SSSR count). The van der Waals surface area contributed by atoms with E-state index in [1.165, 1.54) is 0 Å². The number of carbonyl (C=O) groups is 1. The van der Waals surface area contributed by atoms with Gasteiger partial charge in [-0.05, 0) is 18.9 Å². The molecule has 0 aliphatic carbocycles. The zero-order valence-corrected chi connectivity index (χ0v) is 13.4. The molecule has 1 aliphatic heterocycles. The highest BCUT2D eigenvalue weighted by molar-refractivity contribution is 5.74. The van der Waals surface area contributed by atoms with Crippen molar-refractivity contribution in [1.29, 1.82) is 0 Å². The van der Waals surface area contributed by atoms with E-state index in [0.29, 0.717) is 39.1 Å². The lowest BCUT2D eigenvalue weighted by molar-refractivity contribution is -0.149. The molecule has 1 aliphatic rings. The Balaban J connectivity index is 2.04. The number of ether oxygens (including phenoxy) is 2. The van der Waals surface area contributed by atoms with Gasteiger partial charge < -0.3 is 19.9 Å². The fourth-order valence-electron chi connectivity index (χ4n) is 2.71. The minimum atomic E-state index is -0.739. The largest absolute Gasteiger partial charge is 0.490 e. The predicted octanol–water partition coefficient (Wildman–Crippen LogP) is 2.83. The first-order valence-corrected chi connectivity index (χ1v) is 7.94. The second kappa shape index (κ2) is 7.49.